The highest BCUT2D eigenvalue weighted by Crippen LogP contribution is 2.19. The van der Waals surface area contributed by atoms with Crippen LogP contribution in [0.25, 0.3) is 0 Å². The van der Waals surface area contributed by atoms with Gasteiger partial charge in [-0.15, -0.1) is 0 Å². The van der Waals surface area contributed by atoms with Gasteiger partial charge < -0.3 is 5.32 Å². The second-order valence-electron chi connectivity index (χ2n) is 3.51. The molecule has 1 N–H and O–H groups in total. The molecule has 0 unspecified atom stereocenters. The Morgan fingerprint density at radius 2 is 2.29 bits per heavy atom. The van der Waals surface area contributed by atoms with E-state index in [0.717, 1.165) is 23.0 Å². The summed E-state index contributed by atoms with van der Waals surface area (Å²) < 4.78 is 0.931. The van der Waals surface area contributed by atoms with E-state index >= 15 is 0 Å². The topological polar surface area (TPSA) is 42.0 Å². The molecule has 14 heavy (non-hydrogen) atoms. The molecule has 2 rings (SSSR count). The number of pyridine rings is 1. The van der Waals surface area contributed by atoms with Gasteiger partial charge in [-0.2, -0.15) is 0 Å². The Balaban J connectivity index is 2.14. The molecule has 0 atom stereocenters. The molecule has 1 aliphatic carbocycles. The average molecular weight is 255 g/mol. The molecule has 1 aliphatic rings. The highest BCUT2D eigenvalue weighted by Gasteiger charge is 2.24. The van der Waals surface area contributed by atoms with Crippen molar-refractivity contribution in [3.8, 4) is 0 Å². The summed E-state index contributed by atoms with van der Waals surface area (Å²) in [6.45, 7) is 1.87. The number of nitrogens with one attached hydrogen (secondary N) is 1. The largest absolute Gasteiger partial charge is 0.348 e. The van der Waals surface area contributed by atoms with Crippen LogP contribution in [-0.2, 0) is 0 Å². The minimum absolute atomic E-state index is 0.0666. The number of halogens is 1. The number of carbonyl (C=O) groups excluding carboxylic acids is 1. The van der Waals surface area contributed by atoms with E-state index in [0.29, 0.717) is 11.7 Å². The van der Waals surface area contributed by atoms with E-state index in [9.17, 15) is 4.79 Å². The van der Waals surface area contributed by atoms with Crippen LogP contribution in [0.2, 0.25) is 0 Å². The van der Waals surface area contributed by atoms with E-state index < -0.39 is 0 Å². The number of aromatic nitrogens is 1. The number of hydrogen-bond donors (Lipinski definition) is 1. The summed E-state index contributed by atoms with van der Waals surface area (Å²) in [5.74, 6) is -0.0666. The lowest BCUT2D eigenvalue weighted by Gasteiger charge is -2.03. The Morgan fingerprint density at radius 1 is 1.57 bits per heavy atom. The van der Waals surface area contributed by atoms with Crippen LogP contribution in [0, 0.1) is 6.92 Å². The van der Waals surface area contributed by atoms with Crippen molar-refractivity contribution >= 4 is 21.8 Å². The fraction of sp³-hybridized carbons (Fsp3) is 0.400. The van der Waals surface area contributed by atoms with Gasteiger partial charge in [0.2, 0.25) is 0 Å². The van der Waals surface area contributed by atoms with Gasteiger partial charge in [-0.05, 0) is 47.8 Å². The third-order valence-electron chi connectivity index (χ3n) is 2.17. The number of carbonyl (C=O) groups is 1. The van der Waals surface area contributed by atoms with Crippen molar-refractivity contribution in [1.29, 1.82) is 0 Å². The third-order valence-corrected chi connectivity index (χ3v) is 3.00. The number of hydrogen-bond acceptors (Lipinski definition) is 2. The van der Waals surface area contributed by atoms with Crippen LogP contribution < -0.4 is 5.32 Å². The summed E-state index contributed by atoms with van der Waals surface area (Å²) in [5.41, 5.74) is 1.34. The molecule has 1 aromatic heterocycles. The van der Waals surface area contributed by atoms with Crippen LogP contribution in [0.5, 0.6) is 0 Å². The summed E-state index contributed by atoms with van der Waals surface area (Å²) in [7, 11) is 0. The van der Waals surface area contributed by atoms with Crippen molar-refractivity contribution < 1.29 is 4.79 Å². The smallest absolute Gasteiger partial charge is 0.270 e. The maximum absolute atomic E-state index is 11.6. The zero-order chi connectivity index (χ0) is 10.1. The predicted octanol–water partition coefficient (Wildman–Crippen LogP) is 2.04. The van der Waals surface area contributed by atoms with Gasteiger partial charge in [0.05, 0.1) is 5.69 Å². The minimum Gasteiger partial charge on any atom is -0.348 e. The van der Waals surface area contributed by atoms with Crippen molar-refractivity contribution in [1.82, 2.24) is 10.3 Å². The molecule has 74 valence electrons. The summed E-state index contributed by atoms with van der Waals surface area (Å²) >= 11 is 3.35. The Hall–Kier alpha value is -0.900. The van der Waals surface area contributed by atoms with Gasteiger partial charge in [0, 0.05) is 10.5 Å². The lowest BCUT2D eigenvalue weighted by atomic mass is 10.3. The second-order valence-corrected chi connectivity index (χ2v) is 4.37. The summed E-state index contributed by atoms with van der Waals surface area (Å²) in [5, 5.41) is 2.90. The van der Waals surface area contributed by atoms with Gasteiger partial charge in [-0.1, -0.05) is 0 Å². The molecule has 1 amide bonds. The SMILES string of the molecule is Cc1nc(C(=O)NC2CC2)ccc1Br. The zero-order valence-corrected chi connectivity index (χ0v) is 9.47. The van der Waals surface area contributed by atoms with Crippen molar-refractivity contribution in [3.63, 3.8) is 0 Å². The molecule has 1 aromatic rings. The summed E-state index contributed by atoms with van der Waals surface area (Å²) in [6, 6.07) is 3.96. The molecule has 0 spiro atoms. The van der Waals surface area contributed by atoms with Crippen molar-refractivity contribution in [3.05, 3.63) is 28.0 Å². The van der Waals surface area contributed by atoms with E-state index in [1.165, 1.54) is 0 Å². The van der Waals surface area contributed by atoms with E-state index in [1.54, 1.807) is 6.07 Å². The molecule has 0 radical (unpaired) electrons. The van der Waals surface area contributed by atoms with E-state index in [2.05, 4.69) is 26.2 Å². The normalized spacial score (nSPS) is 15.3. The molecule has 0 saturated heterocycles. The van der Waals surface area contributed by atoms with Crippen LogP contribution in [0.1, 0.15) is 29.0 Å². The first-order valence-corrected chi connectivity index (χ1v) is 5.40. The second kappa shape index (κ2) is 3.69. The van der Waals surface area contributed by atoms with Crippen molar-refractivity contribution in [2.45, 2.75) is 25.8 Å². The van der Waals surface area contributed by atoms with Gasteiger partial charge >= 0.3 is 0 Å². The van der Waals surface area contributed by atoms with E-state index in [-0.39, 0.29) is 5.91 Å². The van der Waals surface area contributed by atoms with E-state index in [1.807, 2.05) is 13.0 Å². The van der Waals surface area contributed by atoms with E-state index in [4.69, 9.17) is 0 Å². The van der Waals surface area contributed by atoms with Crippen LogP contribution in [0.3, 0.4) is 0 Å². The molecule has 1 heterocycles. The monoisotopic (exact) mass is 254 g/mol. The quantitative estimate of drug-likeness (QED) is 0.878. The average Bonchev–Trinajstić information content (AvgIpc) is 2.93. The summed E-state index contributed by atoms with van der Waals surface area (Å²) in [6.07, 6.45) is 2.20. The number of rotatable bonds is 2. The van der Waals surface area contributed by atoms with Crippen LogP contribution >= 0.6 is 15.9 Å². The van der Waals surface area contributed by atoms with Crippen LogP contribution in [-0.4, -0.2) is 16.9 Å². The van der Waals surface area contributed by atoms with Crippen molar-refractivity contribution in [2.75, 3.05) is 0 Å². The Kier molecular flexibility index (Phi) is 2.54. The zero-order valence-electron chi connectivity index (χ0n) is 7.88. The van der Waals surface area contributed by atoms with Gasteiger partial charge in [0.1, 0.15) is 5.69 Å². The maximum Gasteiger partial charge on any atom is 0.270 e. The minimum atomic E-state index is -0.0666. The van der Waals surface area contributed by atoms with Crippen LogP contribution in [0.4, 0.5) is 0 Å². The van der Waals surface area contributed by atoms with Gasteiger partial charge in [0.25, 0.3) is 5.91 Å². The number of nitrogens with zero attached hydrogens (tertiary/aromatic N) is 1. The molecule has 1 fully saturated rings. The first-order valence-electron chi connectivity index (χ1n) is 4.61. The maximum atomic E-state index is 11.6. The molecule has 3 nitrogen and oxygen atoms in total. The molecule has 1 saturated carbocycles. The fourth-order valence-electron chi connectivity index (χ4n) is 1.16. The highest BCUT2D eigenvalue weighted by molar-refractivity contribution is 9.10. The fourth-order valence-corrected chi connectivity index (χ4v) is 1.38. The van der Waals surface area contributed by atoms with Gasteiger partial charge in [0.15, 0.2) is 0 Å². The highest BCUT2D eigenvalue weighted by atomic mass is 79.9. The Morgan fingerprint density at radius 3 is 2.86 bits per heavy atom. The van der Waals surface area contributed by atoms with Crippen molar-refractivity contribution in [2.24, 2.45) is 0 Å². The van der Waals surface area contributed by atoms with Crippen LogP contribution in [0.15, 0.2) is 16.6 Å². The third kappa shape index (κ3) is 2.12. The standard InChI is InChI=1S/C10H11BrN2O/c1-6-8(11)4-5-9(12-6)10(14)13-7-2-3-7/h4-5,7H,2-3H2,1H3,(H,13,14). The molecule has 0 aromatic carbocycles. The van der Waals surface area contributed by atoms with Gasteiger partial charge in [-0.25, -0.2) is 4.98 Å². The molecular formula is C10H11BrN2O. The lowest BCUT2D eigenvalue weighted by molar-refractivity contribution is 0.0946. The molecule has 4 heteroatoms. The Labute approximate surface area is 91.0 Å². The number of aryl methyl sites for hydroxylation is 1. The number of amides is 1. The molecule has 0 bridgehead atoms. The molecule has 0 aliphatic heterocycles. The van der Waals surface area contributed by atoms with Gasteiger partial charge in [-0.3, -0.25) is 4.79 Å². The summed E-state index contributed by atoms with van der Waals surface area (Å²) in [4.78, 5) is 15.8. The predicted molar refractivity (Wildman–Crippen MR) is 57.2 cm³/mol. The Bertz CT molecular complexity index is 374. The first-order chi connectivity index (χ1) is 6.66. The lowest BCUT2D eigenvalue weighted by Crippen LogP contribution is -2.26. The molecular weight excluding hydrogens is 244 g/mol. The first kappa shape index (κ1) is 9.65.